The smallest absolute Gasteiger partial charge is 0.150 e. The van der Waals surface area contributed by atoms with Crippen LogP contribution in [0, 0.1) is 11.3 Å². The summed E-state index contributed by atoms with van der Waals surface area (Å²) in [5.74, 6) is 1.49. The topological polar surface area (TPSA) is 86.1 Å². The Hall–Kier alpha value is -1.65. The third kappa shape index (κ3) is 4.21. The van der Waals surface area contributed by atoms with E-state index in [4.69, 9.17) is 5.26 Å². The number of nitrogens with one attached hydrogen (secondary N) is 1. The van der Waals surface area contributed by atoms with Crippen LogP contribution in [-0.4, -0.2) is 55.0 Å². The second kappa shape index (κ2) is 6.85. The van der Waals surface area contributed by atoms with Crippen molar-refractivity contribution in [2.75, 3.05) is 29.9 Å². The normalized spacial score (nSPS) is 23.3. The van der Waals surface area contributed by atoms with E-state index in [0.717, 1.165) is 44.6 Å². The van der Waals surface area contributed by atoms with Crippen LogP contribution in [-0.2, 0) is 9.84 Å². The highest BCUT2D eigenvalue weighted by atomic mass is 32.2. The molecular formula is C16H22N4O2S. The van der Waals surface area contributed by atoms with Crippen molar-refractivity contribution in [1.82, 2.24) is 9.88 Å². The molecule has 2 aliphatic heterocycles. The first-order chi connectivity index (χ1) is 11.1. The number of rotatable bonds is 3. The zero-order valence-corrected chi connectivity index (χ0v) is 13.9. The highest BCUT2D eigenvalue weighted by Gasteiger charge is 2.30. The quantitative estimate of drug-likeness (QED) is 0.899. The van der Waals surface area contributed by atoms with Crippen molar-refractivity contribution in [3.05, 3.63) is 23.9 Å². The average Bonchev–Trinajstić information content (AvgIpc) is 2.56. The van der Waals surface area contributed by atoms with Gasteiger partial charge in [0.2, 0.25) is 0 Å². The van der Waals surface area contributed by atoms with E-state index < -0.39 is 9.84 Å². The zero-order chi connectivity index (χ0) is 16.3. The van der Waals surface area contributed by atoms with E-state index in [0.29, 0.717) is 29.2 Å². The van der Waals surface area contributed by atoms with Crippen molar-refractivity contribution in [3.8, 4) is 6.07 Å². The minimum Gasteiger partial charge on any atom is -0.367 e. The molecule has 0 spiro atoms. The molecule has 0 saturated carbocycles. The van der Waals surface area contributed by atoms with E-state index in [9.17, 15) is 8.42 Å². The number of hydrogen-bond donors (Lipinski definition) is 1. The van der Waals surface area contributed by atoms with Gasteiger partial charge in [0.05, 0.1) is 17.1 Å². The lowest BCUT2D eigenvalue weighted by Crippen LogP contribution is -2.47. The van der Waals surface area contributed by atoms with E-state index in [-0.39, 0.29) is 0 Å². The summed E-state index contributed by atoms with van der Waals surface area (Å²) in [4.78, 5) is 6.70. The van der Waals surface area contributed by atoms with Crippen molar-refractivity contribution < 1.29 is 8.42 Å². The number of aromatic nitrogens is 1. The summed E-state index contributed by atoms with van der Waals surface area (Å²) in [5.41, 5.74) is 0.567. The largest absolute Gasteiger partial charge is 0.367 e. The first-order valence-electron chi connectivity index (χ1n) is 8.13. The molecule has 6 nitrogen and oxygen atoms in total. The molecule has 0 radical (unpaired) electrons. The monoisotopic (exact) mass is 334 g/mol. The first kappa shape index (κ1) is 16.2. The fraction of sp³-hybridized carbons (Fsp3) is 0.625. The van der Waals surface area contributed by atoms with E-state index >= 15 is 0 Å². The van der Waals surface area contributed by atoms with Gasteiger partial charge in [0.15, 0.2) is 0 Å². The van der Waals surface area contributed by atoms with E-state index in [1.807, 2.05) is 6.07 Å². The lowest BCUT2D eigenvalue weighted by Gasteiger charge is -2.39. The van der Waals surface area contributed by atoms with Crippen LogP contribution >= 0.6 is 0 Å². The van der Waals surface area contributed by atoms with Crippen LogP contribution in [0.25, 0.3) is 0 Å². The average molecular weight is 334 g/mol. The highest BCUT2D eigenvalue weighted by Crippen LogP contribution is 2.23. The Kier molecular flexibility index (Phi) is 4.83. The molecule has 3 rings (SSSR count). The van der Waals surface area contributed by atoms with Crippen LogP contribution in [0.15, 0.2) is 18.3 Å². The molecular weight excluding hydrogens is 312 g/mol. The number of hydrogen-bond acceptors (Lipinski definition) is 6. The number of piperidine rings is 1. The summed E-state index contributed by atoms with van der Waals surface area (Å²) in [7, 11) is -2.78. The molecule has 2 aliphatic rings. The van der Waals surface area contributed by atoms with Gasteiger partial charge in [0.1, 0.15) is 21.7 Å². The molecule has 3 heterocycles. The second-order valence-electron chi connectivity index (χ2n) is 6.38. The number of likely N-dealkylation sites (tertiary alicyclic amines) is 1. The maximum Gasteiger partial charge on any atom is 0.150 e. The van der Waals surface area contributed by atoms with Crippen molar-refractivity contribution in [1.29, 1.82) is 5.26 Å². The van der Waals surface area contributed by atoms with Gasteiger partial charge in [-0.2, -0.15) is 5.26 Å². The van der Waals surface area contributed by atoms with Gasteiger partial charge in [-0.05, 0) is 37.8 Å². The minimum absolute atomic E-state index is 0.338. The molecule has 0 atom stereocenters. The molecule has 124 valence electrons. The Morgan fingerprint density at radius 2 is 1.87 bits per heavy atom. The molecule has 0 amide bonds. The van der Waals surface area contributed by atoms with Crippen molar-refractivity contribution in [2.45, 2.75) is 37.8 Å². The highest BCUT2D eigenvalue weighted by molar-refractivity contribution is 7.91. The van der Waals surface area contributed by atoms with E-state index in [1.165, 1.54) is 0 Å². The SMILES string of the molecule is N#Cc1ccc(NC2CCN(C3CCS(=O)(=O)CC3)CC2)nc1. The van der Waals surface area contributed by atoms with Gasteiger partial charge >= 0.3 is 0 Å². The number of nitriles is 1. The Morgan fingerprint density at radius 3 is 2.43 bits per heavy atom. The van der Waals surface area contributed by atoms with Gasteiger partial charge in [-0.25, -0.2) is 13.4 Å². The van der Waals surface area contributed by atoms with Crippen molar-refractivity contribution in [3.63, 3.8) is 0 Å². The molecule has 1 aromatic heterocycles. The van der Waals surface area contributed by atoms with Crippen molar-refractivity contribution in [2.24, 2.45) is 0 Å². The maximum absolute atomic E-state index is 11.5. The summed E-state index contributed by atoms with van der Waals surface area (Å²) in [6.07, 6.45) is 5.20. The van der Waals surface area contributed by atoms with Crippen molar-refractivity contribution >= 4 is 15.7 Å². The third-order valence-electron chi connectivity index (χ3n) is 4.81. The number of pyridine rings is 1. The fourth-order valence-electron chi connectivity index (χ4n) is 3.41. The number of sulfone groups is 1. The van der Waals surface area contributed by atoms with Crippen LogP contribution in [0.4, 0.5) is 5.82 Å². The minimum atomic E-state index is -2.78. The standard InChI is InChI=1S/C16H22N4O2S/c17-11-13-1-2-16(18-12-13)19-14-3-7-20(8-4-14)15-5-9-23(21,22)10-6-15/h1-2,12,14-15H,3-10H2,(H,18,19). The van der Waals surface area contributed by atoms with E-state index in [1.54, 1.807) is 12.3 Å². The fourth-order valence-corrected chi connectivity index (χ4v) is 4.87. The molecule has 0 bridgehead atoms. The summed E-state index contributed by atoms with van der Waals surface area (Å²) in [6.45, 7) is 2.00. The van der Waals surface area contributed by atoms with Crippen LogP contribution in [0.2, 0.25) is 0 Å². The van der Waals surface area contributed by atoms with Crippen LogP contribution in [0.1, 0.15) is 31.2 Å². The van der Waals surface area contributed by atoms with Crippen LogP contribution in [0.3, 0.4) is 0 Å². The summed E-state index contributed by atoms with van der Waals surface area (Å²) < 4.78 is 23.0. The van der Waals surface area contributed by atoms with Gasteiger partial charge in [-0.3, -0.25) is 0 Å². The summed E-state index contributed by atoms with van der Waals surface area (Å²) in [5, 5.41) is 12.2. The van der Waals surface area contributed by atoms with Gasteiger partial charge in [-0.1, -0.05) is 0 Å². The first-order valence-corrected chi connectivity index (χ1v) is 9.95. The molecule has 0 aliphatic carbocycles. The zero-order valence-electron chi connectivity index (χ0n) is 13.1. The Bertz CT molecular complexity index is 659. The molecule has 1 aromatic rings. The molecule has 2 fully saturated rings. The Labute approximate surface area is 137 Å². The van der Waals surface area contributed by atoms with Gasteiger partial charge in [0, 0.05) is 31.4 Å². The Morgan fingerprint density at radius 1 is 1.17 bits per heavy atom. The second-order valence-corrected chi connectivity index (χ2v) is 8.69. The molecule has 0 unspecified atom stereocenters. The Balaban J connectivity index is 1.47. The molecule has 1 N–H and O–H groups in total. The number of anilines is 1. The number of nitrogens with zero attached hydrogens (tertiary/aromatic N) is 3. The molecule has 2 saturated heterocycles. The lowest BCUT2D eigenvalue weighted by atomic mass is 10.0. The van der Waals surface area contributed by atoms with Crippen LogP contribution in [0.5, 0.6) is 0 Å². The third-order valence-corrected chi connectivity index (χ3v) is 6.53. The van der Waals surface area contributed by atoms with Gasteiger partial charge in [-0.15, -0.1) is 0 Å². The van der Waals surface area contributed by atoms with Crippen LogP contribution < -0.4 is 5.32 Å². The maximum atomic E-state index is 11.5. The predicted octanol–water partition coefficient (Wildman–Crippen LogP) is 1.41. The summed E-state index contributed by atoms with van der Waals surface area (Å²) in [6, 6.07) is 6.49. The predicted molar refractivity (Wildman–Crippen MR) is 88.8 cm³/mol. The lowest BCUT2D eigenvalue weighted by molar-refractivity contribution is 0.147. The van der Waals surface area contributed by atoms with Gasteiger partial charge < -0.3 is 10.2 Å². The molecule has 7 heteroatoms. The molecule has 23 heavy (non-hydrogen) atoms. The van der Waals surface area contributed by atoms with E-state index in [2.05, 4.69) is 21.3 Å². The molecule has 0 aromatic carbocycles. The summed E-state index contributed by atoms with van der Waals surface area (Å²) >= 11 is 0. The van der Waals surface area contributed by atoms with Gasteiger partial charge in [0.25, 0.3) is 0 Å².